The van der Waals surface area contributed by atoms with Gasteiger partial charge in [0.2, 0.25) is 5.91 Å². The SMILES string of the molecule is CCCCCCCCCCCC(=O)N[C@H](CCCN)C(=O)O. The molecule has 1 atom stereocenters. The molecule has 0 rings (SSSR count). The summed E-state index contributed by atoms with van der Waals surface area (Å²) in [5, 5.41) is 11.6. The molecule has 0 aliphatic rings. The molecule has 0 aliphatic carbocycles. The fourth-order valence-corrected chi connectivity index (χ4v) is 2.44. The quantitative estimate of drug-likeness (QED) is 0.405. The minimum Gasteiger partial charge on any atom is -0.480 e. The van der Waals surface area contributed by atoms with Crippen molar-refractivity contribution < 1.29 is 14.7 Å². The highest BCUT2D eigenvalue weighted by atomic mass is 16.4. The predicted molar refractivity (Wildman–Crippen MR) is 89.7 cm³/mol. The number of nitrogens with two attached hydrogens (primary N) is 1. The van der Waals surface area contributed by atoms with Gasteiger partial charge in [-0.05, 0) is 25.8 Å². The summed E-state index contributed by atoms with van der Waals surface area (Å²) in [4.78, 5) is 22.7. The second kappa shape index (κ2) is 14.8. The van der Waals surface area contributed by atoms with Crippen molar-refractivity contribution in [2.75, 3.05) is 6.54 Å². The average molecular weight is 314 g/mol. The molecule has 0 heterocycles. The molecule has 0 aromatic carbocycles. The van der Waals surface area contributed by atoms with Crippen LogP contribution in [0.15, 0.2) is 0 Å². The lowest BCUT2D eigenvalue weighted by Crippen LogP contribution is -2.40. The summed E-state index contributed by atoms with van der Waals surface area (Å²) in [6.07, 6.45) is 12.2. The fraction of sp³-hybridized carbons (Fsp3) is 0.882. The lowest BCUT2D eigenvalue weighted by molar-refractivity contribution is -0.142. The molecule has 5 nitrogen and oxygen atoms in total. The molecule has 5 heteroatoms. The van der Waals surface area contributed by atoms with Crippen LogP contribution in [0.3, 0.4) is 0 Å². The van der Waals surface area contributed by atoms with Crippen LogP contribution in [0.25, 0.3) is 0 Å². The molecule has 1 amide bonds. The van der Waals surface area contributed by atoms with Gasteiger partial charge < -0.3 is 16.2 Å². The van der Waals surface area contributed by atoms with Crippen molar-refractivity contribution >= 4 is 11.9 Å². The number of aliphatic carboxylic acids is 1. The third-order valence-electron chi connectivity index (χ3n) is 3.84. The van der Waals surface area contributed by atoms with Gasteiger partial charge in [0.05, 0.1) is 0 Å². The summed E-state index contributed by atoms with van der Waals surface area (Å²) in [7, 11) is 0. The summed E-state index contributed by atoms with van der Waals surface area (Å²) >= 11 is 0. The first-order valence-electron chi connectivity index (χ1n) is 8.84. The van der Waals surface area contributed by atoms with Crippen LogP contribution in [-0.2, 0) is 9.59 Å². The molecule has 0 radical (unpaired) electrons. The number of unbranched alkanes of at least 4 members (excludes halogenated alkanes) is 8. The zero-order valence-corrected chi connectivity index (χ0v) is 14.1. The molecule has 0 aliphatic heterocycles. The number of carboxylic acids is 1. The van der Waals surface area contributed by atoms with Crippen molar-refractivity contribution in [1.29, 1.82) is 0 Å². The summed E-state index contributed by atoms with van der Waals surface area (Å²) in [5.41, 5.74) is 5.37. The molecule has 0 aromatic rings. The number of nitrogens with one attached hydrogen (secondary N) is 1. The topological polar surface area (TPSA) is 92.4 Å². The minimum atomic E-state index is -0.978. The van der Waals surface area contributed by atoms with Crippen LogP contribution in [-0.4, -0.2) is 29.6 Å². The Bertz CT molecular complexity index is 296. The third kappa shape index (κ3) is 12.6. The van der Waals surface area contributed by atoms with Crippen molar-refractivity contribution in [2.24, 2.45) is 5.73 Å². The molecule has 22 heavy (non-hydrogen) atoms. The second-order valence-electron chi connectivity index (χ2n) is 5.97. The Hall–Kier alpha value is -1.10. The Morgan fingerprint density at radius 3 is 2.00 bits per heavy atom. The maximum absolute atomic E-state index is 11.7. The molecule has 0 saturated carbocycles. The number of hydrogen-bond acceptors (Lipinski definition) is 3. The zero-order valence-electron chi connectivity index (χ0n) is 14.1. The first-order chi connectivity index (χ1) is 10.6. The smallest absolute Gasteiger partial charge is 0.326 e. The van der Waals surface area contributed by atoms with Crippen LogP contribution in [0, 0.1) is 0 Å². The minimum absolute atomic E-state index is 0.160. The van der Waals surface area contributed by atoms with E-state index < -0.39 is 12.0 Å². The Balaban J connectivity index is 3.57. The van der Waals surface area contributed by atoms with Crippen LogP contribution >= 0.6 is 0 Å². The lowest BCUT2D eigenvalue weighted by Gasteiger charge is -2.13. The van der Waals surface area contributed by atoms with Gasteiger partial charge in [-0.2, -0.15) is 0 Å². The van der Waals surface area contributed by atoms with Crippen molar-refractivity contribution in [2.45, 2.75) is 90.0 Å². The molecule has 0 spiro atoms. The standard InChI is InChI=1S/C17H34N2O3/c1-2-3-4-5-6-7-8-9-10-13-16(20)19-15(17(21)22)12-11-14-18/h15H,2-14,18H2,1H3,(H,19,20)(H,21,22)/t15-/m1/s1. The van der Waals surface area contributed by atoms with Crippen molar-refractivity contribution in [3.63, 3.8) is 0 Å². The van der Waals surface area contributed by atoms with E-state index in [4.69, 9.17) is 10.8 Å². The molecule has 0 bridgehead atoms. The van der Waals surface area contributed by atoms with Crippen LogP contribution in [0.5, 0.6) is 0 Å². The van der Waals surface area contributed by atoms with Gasteiger partial charge >= 0.3 is 5.97 Å². The van der Waals surface area contributed by atoms with Crippen molar-refractivity contribution in [1.82, 2.24) is 5.32 Å². The third-order valence-corrected chi connectivity index (χ3v) is 3.84. The predicted octanol–water partition coefficient (Wildman–Crippen LogP) is 3.22. The Morgan fingerprint density at radius 2 is 1.50 bits per heavy atom. The number of carbonyl (C=O) groups excluding carboxylic acids is 1. The molecule has 0 unspecified atom stereocenters. The second-order valence-corrected chi connectivity index (χ2v) is 5.97. The van der Waals surface area contributed by atoms with Gasteiger partial charge in [-0.1, -0.05) is 58.3 Å². The van der Waals surface area contributed by atoms with Crippen LogP contribution in [0.4, 0.5) is 0 Å². The summed E-state index contributed by atoms with van der Waals surface area (Å²) in [5.74, 6) is -1.14. The average Bonchev–Trinajstić information content (AvgIpc) is 2.49. The highest BCUT2D eigenvalue weighted by Crippen LogP contribution is 2.10. The molecule has 130 valence electrons. The van der Waals surface area contributed by atoms with Gasteiger partial charge in [-0.3, -0.25) is 4.79 Å². The monoisotopic (exact) mass is 314 g/mol. The number of carboxylic acid groups (broad SMARTS) is 1. The Kier molecular flexibility index (Phi) is 14.1. The van der Waals surface area contributed by atoms with E-state index in [0.29, 0.717) is 25.8 Å². The van der Waals surface area contributed by atoms with E-state index in [1.165, 1.54) is 38.5 Å². The van der Waals surface area contributed by atoms with Gasteiger partial charge in [0.15, 0.2) is 0 Å². The van der Waals surface area contributed by atoms with E-state index in [1.807, 2.05) is 0 Å². The van der Waals surface area contributed by atoms with E-state index in [0.717, 1.165) is 19.3 Å². The number of hydrogen-bond donors (Lipinski definition) is 3. The first kappa shape index (κ1) is 20.9. The molecular weight excluding hydrogens is 280 g/mol. The lowest BCUT2D eigenvalue weighted by atomic mass is 10.1. The maximum atomic E-state index is 11.7. The molecular formula is C17H34N2O3. The fourth-order valence-electron chi connectivity index (χ4n) is 2.44. The van der Waals surface area contributed by atoms with Gasteiger partial charge in [0.1, 0.15) is 6.04 Å². The molecule has 0 aromatic heterocycles. The van der Waals surface area contributed by atoms with Gasteiger partial charge in [0.25, 0.3) is 0 Å². The Labute approximate surface area is 135 Å². The van der Waals surface area contributed by atoms with Crippen LogP contribution in [0.1, 0.15) is 84.0 Å². The number of amides is 1. The summed E-state index contributed by atoms with van der Waals surface area (Å²) < 4.78 is 0. The largest absolute Gasteiger partial charge is 0.480 e. The maximum Gasteiger partial charge on any atom is 0.326 e. The van der Waals surface area contributed by atoms with E-state index >= 15 is 0 Å². The van der Waals surface area contributed by atoms with Crippen molar-refractivity contribution in [3.8, 4) is 0 Å². The summed E-state index contributed by atoms with van der Waals surface area (Å²) in [6, 6.07) is -0.797. The molecule has 4 N–H and O–H groups in total. The van der Waals surface area contributed by atoms with E-state index in [2.05, 4.69) is 12.2 Å². The molecule has 0 fully saturated rings. The number of carbonyl (C=O) groups is 2. The normalized spacial score (nSPS) is 12.1. The first-order valence-corrected chi connectivity index (χ1v) is 8.84. The van der Waals surface area contributed by atoms with Crippen LogP contribution in [0.2, 0.25) is 0 Å². The Morgan fingerprint density at radius 1 is 0.955 bits per heavy atom. The van der Waals surface area contributed by atoms with Gasteiger partial charge in [-0.25, -0.2) is 4.79 Å². The van der Waals surface area contributed by atoms with E-state index in [1.54, 1.807) is 0 Å². The van der Waals surface area contributed by atoms with Crippen molar-refractivity contribution in [3.05, 3.63) is 0 Å². The van der Waals surface area contributed by atoms with Gasteiger partial charge in [0, 0.05) is 6.42 Å². The summed E-state index contributed by atoms with van der Waals surface area (Å²) in [6.45, 7) is 2.66. The van der Waals surface area contributed by atoms with Crippen LogP contribution < -0.4 is 11.1 Å². The highest BCUT2D eigenvalue weighted by Gasteiger charge is 2.18. The molecule has 0 saturated heterocycles. The van der Waals surface area contributed by atoms with E-state index in [-0.39, 0.29) is 5.91 Å². The number of rotatable bonds is 15. The zero-order chi connectivity index (χ0) is 16.6. The van der Waals surface area contributed by atoms with E-state index in [9.17, 15) is 9.59 Å². The highest BCUT2D eigenvalue weighted by molar-refractivity contribution is 5.83. The van der Waals surface area contributed by atoms with Gasteiger partial charge in [-0.15, -0.1) is 0 Å².